The lowest BCUT2D eigenvalue weighted by molar-refractivity contribution is 0.0465. The van der Waals surface area contributed by atoms with Gasteiger partial charge in [0, 0.05) is 12.7 Å². The first-order chi connectivity index (χ1) is 7.92. The van der Waals surface area contributed by atoms with Gasteiger partial charge in [0.1, 0.15) is 0 Å². The van der Waals surface area contributed by atoms with E-state index in [9.17, 15) is 4.79 Å². The van der Waals surface area contributed by atoms with Gasteiger partial charge in [-0.05, 0) is 36.1 Å². The first kappa shape index (κ1) is 13.6. The third-order valence-electron chi connectivity index (χ3n) is 2.49. The van der Waals surface area contributed by atoms with Crippen LogP contribution in [0.5, 0.6) is 0 Å². The monoisotopic (exact) mass is 235 g/mol. The molecule has 0 bridgehead atoms. The number of nitrogens with one attached hydrogen (secondary N) is 1. The molecule has 0 aliphatic heterocycles. The zero-order valence-electron chi connectivity index (χ0n) is 11.0. The molecule has 0 fully saturated rings. The highest BCUT2D eigenvalue weighted by molar-refractivity contribution is 5.89. The number of hydrogen-bond acceptors (Lipinski definition) is 3. The Morgan fingerprint density at radius 1 is 1.24 bits per heavy atom. The van der Waals surface area contributed by atoms with E-state index in [2.05, 4.69) is 26.1 Å². The summed E-state index contributed by atoms with van der Waals surface area (Å²) in [5.74, 6) is -0.253. The van der Waals surface area contributed by atoms with Crippen LogP contribution in [0.3, 0.4) is 0 Å². The molecule has 0 unspecified atom stereocenters. The van der Waals surface area contributed by atoms with Crippen LogP contribution in [-0.4, -0.2) is 19.6 Å². The second-order valence-corrected chi connectivity index (χ2v) is 5.27. The first-order valence-corrected chi connectivity index (χ1v) is 5.87. The van der Waals surface area contributed by atoms with Gasteiger partial charge in [-0.25, -0.2) is 4.79 Å². The van der Waals surface area contributed by atoms with Crippen LogP contribution in [0.4, 0.5) is 5.69 Å². The summed E-state index contributed by atoms with van der Waals surface area (Å²) in [7, 11) is 1.84. The second kappa shape index (κ2) is 5.71. The normalized spacial score (nSPS) is 11.1. The fourth-order valence-electron chi connectivity index (χ4n) is 1.31. The maximum absolute atomic E-state index is 11.7. The van der Waals surface area contributed by atoms with Crippen molar-refractivity contribution >= 4 is 11.7 Å². The van der Waals surface area contributed by atoms with Gasteiger partial charge in [0.05, 0.1) is 12.2 Å². The Kier molecular flexibility index (Phi) is 4.55. The van der Waals surface area contributed by atoms with Crippen molar-refractivity contribution in [3.63, 3.8) is 0 Å². The predicted molar refractivity (Wildman–Crippen MR) is 70.3 cm³/mol. The Balaban J connectivity index is 2.47. The lowest BCUT2D eigenvalue weighted by Crippen LogP contribution is -2.13. The summed E-state index contributed by atoms with van der Waals surface area (Å²) in [6, 6.07) is 7.26. The molecule has 0 aliphatic carbocycles. The van der Waals surface area contributed by atoms with Crippen LogP contribution >= 0.6 is 0 Å². The van der Waals surface area contributed by atoms with Gasteiger partial charge < -0.3 is 10.1 Å². The Labute approximate surface area is 103 Å². The lowest BCUT2D eigenvalue weighted by atomic mass is 9.93. The minimum Gasteiger partial charge on any atom is -0.462 e. The molecule has 1 N–H and O–H groups in total. The van der Waals surface area contributed by atoms with Crippen LogP contribution in [0.15, 0.2) is 24.3 Å². The van der Waals surface area contributed by atoms with Gasteiger partial charge in [-0.2, -0.15) is 0 Å². The Morgan fingerprint density at radius 2 is 1.82 bits per heavy atom. The molecule has 0 saturated heterocycles. The van der Waals surface area contributed by atoms with Crippen LogP contribution < -0.4 is 5.32 Å². The predicted octanol–water partition coefficient (Wildman–Crippen LogP) is 3.32. The summed E-state index contributed by atoms with van der Waals surface area (Å²) in [4.78, 5) is 11.7. The topological polar surface area (TPSA) is 38.3 Å². The molecule has 17 heavy (non-hydrogen) atoms. The molecular weight excluding hydrogens is 214 g/mol. The molecule has 3 nitrogen and oxygen atoms in total. The SMILES string of the molecule is CNc1ccc(C(=O)OCCC(C)(C)C)cc1. The van der Waals surface area contributed by atoms with Crippen molar-refractivity contribution in [2.45, 2.75) is 27.2 Å². The van der Waals surface area contributed by atoms with Gasteiger partial charge in [0.2, 0.25) is 0 Å². The van der Waals surface area contributed by atoms with Crippen LogP contribution in [0.1, 0.15) is 37.6 Å². The minimum absolute atomic E-state index is 0.191. The third-order valence-corrected chi connectivity index (χ3v) is 2.49. The highest BCUT2D eigenvalue weighted by Crippen LogP contribution is 2.18. The van der Waals surface area contributed by atoms with Crippen molar-refractivity contribution < 1.29 is 9.53 Å². The van der Waals surface area contributed by atoms with E-state index in [1.165, 1.54) is 0 Å². The maximum atomic E-state index is 11.7. The molecule has 0 spiro atoms. The molecule has 0 radical (unpaired) electrons. The molecule has 1 rings (SSSR count). The molecule has 0 amide bonds. The number of hydrogen-bond donors (Lipinski definition) is 1. The fraction of sp³-hybridized carbons (Fsp3) is 0.500. The Bertz CT molecular complexity index is 363. The number of rotatable bonds is 4. The number of benzene rings is 1. The van der Waals surface area contributed by atoms with Gasteiger partial charge in [-0.3, -0.25) is 0 Å². The molecule has 0 saturated carbocycles. The second-order valence-electron chi connectivity index (χ2n) is 5.27. The van der Waals surface area contributed by atoms with Crippen LogP contribution in [0.2, 0.25) is 0 Å². The smallest absolute Gasteiger partial charge is 0.338 e. The van der Waals surface area contributed by atoms with Gasteiger partial charge >= 0.3 is 5.97 Å². The zero-order chi connectivity index (χ0) is 12.9. The molecule has 0 aromatic heterocycles. The van der Waals surface area contributed by atoms with Crippen molar-refractivity contribution in [3.05, 3.63) is 29.8 Å². The van der Waals surface area contributed by atoms with Gasteiger partial charge in [-0.15, -0.1) is 0 Å². The number of carbonyl (C=O) groups is 1. The average Bonchev–Trinajstić information content (AvgIpc) is 2.27. The standard InChI is InChI=1S/C14H21NO2/c1-14(2,3)9-10-17-13(16)11-5-7-12(15-4)8-6-11/h5-8,15H,9-10H2,1-4H3. The summed E-state index contributed by atoms with van der Waals surface area (Å²) >= 11 is 0. The molecule has 0 aliphatic rings. The molecule has 1 aromatic carbocycles. The minimum atomic E-state index is -0.253. The molecular formula is C14H21NO2. The van der Waals surface area contributed by atoms with E-state index in [4.69, 9.17) is 4.74 Å². The molecule has 1 aromatic rings. The Morgan fingerprint density at radius 3 is 2.29 bits per heavy atom. The summed E-state index contributed by atoms with van der Waals surface area (Å²) < 4.78 is 5.22. The van der Waals surface area contributed by atoms with Crippen molar-refractivity contribution in [2.75, 3.05) is 19.0 Å². The van der Waals surface area contributed by atoms with E-state index < -0.39 is 0 Å². The highest BCUT2D eigenvalue weighted by atomic mass is 16.5. The van der Waals surface area contributed by atoms with E-state index in [0.717, 1.165) is 12.1 Å². The molecule has 94 valence electrons. The number of ether oxygens (including phenoxy) is 1. The molecule has 0 atom stereocenters. The average molecular weight is 235 g/mol. The van der Waals surface area contributed by atoms with Crippen LogP contribution in [-0.2, 0) is 4.74 Å². The maximum Gasteiger partial charge on any atom is 0.338 e. The zero-order valence-corrected chi connectivity index (χ0v) is 11.0. The Hall–Kier alpha value is -1.51. The molecule has 0 heterocycles. The van der Waals surface area contributed by atoms with Crippen molar-refractivity contribution in [3.8, 4) is 0 Å². The lowest BCUT2D eigenvalue weighted by Gasteiger charge is -2.17. The van der Waals surface area contributed by atoms with E-state index in [0.29, 0.717) is 12.2 Å². The number of esters is 1. The first-order valence-electron chi connectivity index (χ1n) is 5.87. The van der Waals surface area contributed by atoms with Crippen LogP contribution in [0, 0.1) is 5.41 Å². The quantitative estimate of drug-likeness (QED) is 0.814. The molecule has 3 heteroatoms. The number of anilines is 1. The van der Waals surface area contributed by atoms with Gasteiger partial charge in [0.15, 0.2) is 0 Å². The van der Waals surface area contributed by atoms with Crippen molar-refractivity contribution in [1.82, 2.24) is 0 Å². The summed E-state index contributed by atoms with van der Waals surface area (Å²) in [5.41, 5.74) is 1.77. The van der Waals surface area contributed by atoms with Crippen molar-refractivity contribution in [2.24, 2.45) is 5.41 Å². The third kappa shape index (κ3) is 4.89. The van der Waals surface area contributed by atoms with E-state index >= 15 is 0 Å². The van der Waals surface area contributed by atoms with Gasteiger partial charge in [0.25, 0.3) is 0 Å². The summed E-state index contributed by atoms with van der Waals surface area (Å²) in [6.45, 7) is 6.85. The largest absolute Gasteiger partial charge is 0.462 e. The highest BCUT2D eigenvalue weighted by Gasteiger charge is 2.12. The summed E-state index contributed by atoms with van der Waals surface area (Å²) in [6.07, 6.45) is 0.868. The van der Waals surface area contributed by atoms with Gasteiger partial charge in [-0.1, -0.05) is 20.8 Å². The summed E-state index contributed by atoms with van der Waals surface area (Å²) in [5, 5.41) is 3.00. The fourth-order valence-corrected chi connectivity index (χ4v) is 1.31. The van der Waals surface area contributed by atoms with E-state index in [-0.39, 0.29) is 11.4 Å². The van der Waals surface area contributed by atoms with E-state index in [1.807, 2.05) is 19.2 Å². The van der Waals surface area contributed by atoms with Crippen molar-refractivity contribution in [1.29, 1.82) is 0 Å². The van der Waals surface area contributed by atoms with E-state index in [1.54, 1.807) is 12.1 Å². The number of carbonyl (C=O) groups excluding carboxylic acids is 1. The van der Waals surface area contributed by atoms with Crippen LogP contribution in [0.25, 0.3) is 0 Å².